The van der Waals surface area contributed by atoms with E-state index in [1.54, 1.807) is 37.4 Å². The largest absolute Gasteiger partial charge is 0.353 e. The molecule has 5 nitrogen and oxygen atoms in total. The molecule has 1 heterocycles. The number of ether oxygens (including phenoxy) is 2. The molecule has 0 fully saturated rings. The van der Waals surface area contributed by atoms with Crippen LogP contribution in [0.5, 0.6) is 0 Å². The van der Waals surface area contributed by atoms with Crippen LogP contribution in [-0.4, -0.2) is 35.3 Å². The van der Waals surface area contributed by atoms with Crippen molar-refractivity contribution in [1.29, 1.82) is 0 Å². The van der Waals surface area contributed by atoms with Crippen molar-refractivity contribution in [2.24, 2.45) is 0 Å². The summed E-state index contributed by atoms with van der Waals surface area (Å²) in [5.74, 6) is 0. The molecular formula is C12H13Cl2N3O2. The van der Waals surface area contributed by atoms with Gasteiger partial charge < -0.3 is 9.47 Å². The van der Waals surface area contributed by atoms with Crippen LogP contribution in [0.2, 0.25) is 10.0 Å². The number of benzene rings is 1. The van der Waals surface area contributed by atoms with Gasteiger partial charge in [-0.1, -0.05) is 29.3 Å². The van der Waals surface area contributed by atoms with Gasteiger partial charge in [-0.25, -0.2) is 9.67 Å². The molecule has 0 aliphatic carbocycles. The highest BCUT2D eigenvalue weighted by molar-refractivity contribution is 6.35. The average Bonchev–Trinajstić information content (AvgIpc) is 2.90. The molecule has 0 amide bonds. The zero-order valence-corrected chi connectivity index (χ0v) is 12.0. The normalized spacial score (nSPS) is 12.9. The predicted octanol–water partition coefficient (Wildman–Crippen LogP) is 2.79. The van der Waals surface area contributed by atoms with Crippen molar-refractivity contribution in [1.82, 2.24) is 14.8 Å². The molecule has 1 aromatic heterocycles. The molecule has 0 saturated heterocycles. The van der Waals surface area contributed by atoms with E-state index >= 15 is 0 Å². The van der Waals surface area contributed by atoms with Crippen LogP contribution in [0.15, 0.2) is 30.9 Å². The van der Waals surface area contributed by atoms with Crippen molar-refractivity contribution in [2.75, 3.05) is 14.2 Å². The van der Waals surface area contributed by atoms with Crippen LogP contribution in [0.25, 0.3) is 0 Å². The summed E-state index contributed by atoms with van der Waals surface area (Å²) in [4.78, 5) is 3.94. The molecule has 0 aliphatic rings. The molecule has 7 heteroatoms. The summed E-state index contributed by atoms with van der Waals surface area (Å²) >= 11 is 12.2. The predicted molar refractivity (Wildman–Crippen MR) is 72.4 cm³/mol. The Hall–Kier alpha value is -1.14. The molecule has 0 spiro atoms. The lowest BCUT2D eigenvalue weighted by molar-refractivity contribution is -0.125. The first-order chi connectivity index (χ1) is 9.17. The Labute approximate surface area is 121 Å². The van der Waals surface area contributed by atoms with Crippen LogP contribution < -0.4 is 0 Å². The number of methoxy groups -OCH3 is 2. The number of hydrogen-bond acceptors (Lipinski definition) is 4. The van der Waals surface area contributed by atoms with E-state index < -0.39 is 6.29 Å². The lowest BCUT2D eigenvalue weighted by atomic mass is 10.1. The zero-order valence-electron chi connectivity index (χ0n) is 10.5. The summed E-state index contributed by atoms with van der Waals surface area (Å²) in [5, 5.41) is 5.21. The smallest absolute Gasteiger partial charge is 0.183 e. The number of rotatable bonds is 5. The van der Waals surface area contributed by atoms with Crippen molar-refractivity contribution in [3.05, 3.63) is 46.5 Å². The van der Waals surface area contributed by atoms with E-state index in [9.17, 15) is 0 Å². The molecule has 1 atom stereocenters. The Kier molecular flexibility index (Phi) is 4.76. The standard InChI is InChI=1S/C12H13Cl2N3O2/c1-18-12(19-2)11(17-7-15-6-16-17)9-4-3-8(13)5-10(9)14/h3-7,11-12H,1-2H3. The van der Waals surface area contributed by atoms with Crippen LogP contribution in [0.4, 0.5) is 0 Å². The summed E-state index contributed by atoms with van der Waals surface area (Å²) in [7, 11) is 3.11. The second-order valence-corrected chi connectivity index (χ2v) is 4.67. The van der Waals surface area contributed by atoms with Crippen LogP contribution in [0, 0.1) is 0 Å². The summed E-state index contributed by atoms with van der Waals surface area (Å²) in [6.07, 6.45) is 2.49. The molecule has 19 heavy (non-hydrogen) atoms. The van der Waals surface area contributed by atoms with Crippen molar-refractivity contribution < 1.29 is 9.47 Å². The Balaban J connectivity index is 2.48. The SMILES string of the molecule is COC(OC)C(c1ccc(Cl)cc1Cl)n1cncn1. The fourth-order valence-corrected chi connectivity index (χ4v) is 2.39. The molecule has 1 aromatic carbocycles. The first-order valence-corrected chi connectivity index (χ1v) is 6.27. The maximum Gasteiger partial charge on any atom is 0.183 e. The monoisotopic (exact) mass is 301 g/mol. The molecule has 2 aromatic rings. The third kappa shape index (κ3) is 3.06. The van der Waals surface area contributed by atoms with Gasteiger partial charge in [-0.3, -0.25) is 0 Å². The van der Waals surface area contributed by atoms with Gasteiger partial charge in [0, 0.05) is 29.8 Å². The van der Waals surface area contributed by atoms with Gasteiger partial charge in [-0.15, -0.1) is 0 Å². The molecule has 0 aliphatic heterocycles. The highest BCUT2D eigenvalue weighted by atomic mass is 35.5. The number of halogens is 2. The lowest BCUT2D eigenvalue weighted by Crippen LogP contribution is -2.29. The van der Waals surface area contributed by atoms with E-state index in [0.29, 0.717) is 10.0 Å². The quantitative estimate of drug-likeness (QED) is 0.797. The van der Waals surface area contributed by atoms with Gasteiger partial charge in [0.2, 0.25) is 0 Å². The van der Waals surface area contributed by atoms with Crippen LogP contribution >= 0.6 is 23.2 Å². The Morgan fingerprint density at radius 2 is 1.95 bits per heavy atom. The summed E-state index contributed by atoms with van der Waals surface area (Å²) in [6.45, 7) is 0. The second-order valence-electron chi connectivity index (χ2n) is 3.83. The summed E-state index contributed by atoms with van der Waals surface area (Å²) in [5.41, 5.74) is 0.797. The maximum absolute atomic E-state index is 6.24. The first-order valence-electron chi connectivity index (χ1n) is 5.52. The van der Waals surface area contributed by atoms with E-state index in [0.717, 1.165) is 5.56 Å². The Morgan fingerprint density at radius 1 is 1.21 bits per heavy atom. The topological polar surface area (TPSA) is 49.2 Å². The number of aromatic nitrogens is 3. The zero-order chi connectivity index (χ0) is 13.8. The van der Waals surface area contributed by atoms with Gasteiger partial charge in [-0.2, -0.15) is 5.10 Å². The van der Waals surface area contributed by atoms with E-state index in [1.165, 1.54) is 6.33 Å². The van der Waals surface area contributed by atoms with E-state index in [1.807, 2.05) is 6.07 Å². The van der Waals surface area contributed by atoms with Crippen molar-refractivity contribution >= 4 is 23.2 Å². The van der Waals surface area contributed by atoms with Gasteiger partial charge in [0.15, 0.2) is 6.29 Å². The number of nitrogens with zero attached hydrogens (tertiary/aromatic N) is 3. The molecule has 0 radical (unpaired) electrons. The Bertz CT molecular complexity index is 530. The highest BCUT2D eigenvalue weighted by Gasteiger charge is 2.27. The molecule has 2 rings (SSSR count). The van der Waals surface area contributed by atoms with Crippen LogP contribution in [0.3, 0.4) is 0 Å². The third-order valence-corrected chi connectivity index (χ3v) is 3.29. The minimum absolute atomic E-state index is 0.345. The molecule has 0 saturated carbocycles. The molecule has 0 bridgehead atoms. The molecule has 0 N–H and O–H groups in total. The van der Waals surface area contributed by atoms with E-state index in [-0.39, 0.29) is 6.04 Å². The fraction of sp³-hybridized carbons (Fsp3) is 0.333. The van der Waals surface area contributed by atoms with Gasteiger partial charge in [-0.05, 0) is 12.1 Å². The summed E-state index contributed by atoms with van der Waals surface area (Å²) < 4.78 is 12.3. The van der Waals surface area contributed by atoms with E-state index in [2.05, 4.69) is 10.1 Å². The van der Waals surface area contributed by atoms with Crippen molar-refractivity contribution in [2.45, 2.75) is 12.3 Å². The lowest BCUT2D eigenvalue weighted by Gasteiger charge is -2.25. The molecule has 102 valence electrons. The van der Waals surface area contributed by atoms with E-state index in [4.69, 9.17) is 32.7 Å². The van der Waals surface area contributed by atoms with Crippen LogP contribution in [-0.2, 0) is 9.47 Å². The molecule has 1 unspecified atom stereocenters. The van der Waals surface area contributed by atoms with Crippen molar-refractivity contribution in [3.8, 4) is 0 Å². The van der Waals surface area contributed by atoms with Gasteiger partial charge in [0.25, 0.3) is 0 Å². The maximum atomic E-state index is 6.24. The first kappa shape index (κ1) is 14.3. The minimum atomic E-state index is -0.541. The highest BCUT2D eigenvalue weighted by Crippen LogP contribution is 2.31. The summed E-state index contributed by atoms with van der Waals surface area (Å²) in [6, 6.07) is 4.91. The average molecular weight is 302 g/mol. The third-order valence-electron chi connectivity index (χ3n) is 2.73. The van der Waals surface area contributed by atoms with Crippen LogP contribution in [0.1, 0.15) is 11.6 Å². The Morgan fingerprint density at radius 3 is 2.47 bits per heavy atom. The van der Waals surface area contributed by atoms with Crippen molar-refractivity contribution in [3.63, 3.8) is 0 Å². The molecular weight excluding hydrogens is 289 g/mol. The number of hydrogen-bond donors (Lipinski definition) is 0. The minimum Gasteiger partial charge on any atom is -0.353 e. The van der Waals surface area contributed by atoms with Gasteiger partial charge >= 0.3 is 0 Å². The van der Waals surface area contributed by atoms with Gasteiger partial charge in [0.05, 0.1) is 0 Å². The van der Waals surface area contributed by atoms with Gasteiger partial charge in [0.1, 0.15) is 18.7 Å². The second kappa shape index (κ2) is 6.34. The fourth-order valence-electron chi connectivity index (χ4n) is 1.87.